The third-order valence-corrected chi connectivity index (χ3v) is 6.65. The van der Waals surface area contributed by atoms with E-state index in [1.807, 2.05) is 6.92 Å². The zero-order valence-corrected chi connectivity index (χ0v) is 12.8. The Morgan fingerprint density at radius 1 is 1.05 bits per heavy atom. The van der Waals surface area contributed by atoms with Crippen LogP contribution in [0.5, 0.6) is 0 Å². The maximum atomic E-state index is 11.1. The van der Waals surface area contributed by atoms with Gasteiger partial charge in [0.2, 0.25) is 0 Å². The first-order chi connectivity index (χ1) is 8.99. The van der Waals surface area contributed by atoms with Crippen LogP contribution in [0.3, 0.4) is 0 Å². The van der Waals surface area contributed by atoms with E-state index in [4.69, 9.17) is 19.6 Å². The number of rotatable bonds is 10. The molecule has 20 heavy (non-hydrogen) atoms. The lowest BCUT2D eigenvalue weighted by molar-refractivity contribution is 0.108. The second-order valence-electron chi connectivity index (χ2n) is 4.35. The standard InChI is InChI=1S/C8H20N2O8P2/c1-2-3-4-6-10(9-12)7-5-8(11,19(13,14)15)20(16,17)18/h11H,2-7H2,1H3,(H2,13,14,15)(H2,16,17,18). The van der Waals surface area contributed by atoms with Crippen molar-refractivity contribution in [2.24, 2.45) is 5.29 Å². The van der Waals surface area contributed by atoms with E-state index in [0.717, 1.165) is 17.9 Å². The van der Waals surface area contributed by atoms with E-state index < -0.39 is 33.2 Å². The predicted octanol–water partition coefficient (Wildman–Crippen LogP) is 0.552. The zero-order chi connectivity index (χ0) is 16.0. The zero-order valence-electron chi connectivity index (χ0n) is 11.0. The lowest BCUT2D eigenvalue weighted by Crippen LogP contribution is -2.33. The molecular formula is C8H20N2O8P2. The van der Waals surface area contributed by atoms with Crippen molar-refractivity contribution < 1.29 is 33.8 Å². The second-order valence-corrected chi connectivity index (χ2v) is 8.36. The van der Waals surface area contributed by atoms with Gasteiger partial charge in [0.05, 0.1) is 5.29 Å². The van der Waals surface area contributed by atoms with Gasteiger partial charge in [0, 0.05) is 19.5 Å². The Balaban J connectivity index is 4.82. The fourth-order valence-electron chi connectivity index (χ4n) is 1.48. The maximum absolute atomic E-state index is 11.1. The van der Waals surface area contributed by atoms with E-state index >= 15 is 0 Å². The first-order valence-corrected chi connectivity index (χ1v) is 9.14. The van der Waals surface area contributed by atoms with Crippen molar-refractivity contribution in [1.82, 2.24) is 5.01 Å². The Morgan fingerprint density at radius 3 is 1.90 bits per heavy atom. The molecule has 0 aromatic heterocycles. The molecule has 0 aromatic rings. The van der Waals surface area contributed by atoms with Gasteiger partial charge >= 0.3 is 15.2 Å². The van der Waals surface area contributed by atoms with Gasteiger partial charge in [-0.15, -0.1) is 4.91 Å². The minimum absolute atomic E-state index is 0.176. The Bertz CT molecular complexity index is 383. The smallest absolute Gasteiger partial charge is 0.367 e. The van der Waals surface area contributed by atoms with E-state index in [1.165, 1.54) is 0 Å². The van der Waals surface area contributed by atoms with E-state index in [1.54, 1.807) is 0 Å². The van der Waals surface area contributed by atoms with Gasteiger partial charge in [-0.25, -0.2) is 0 Å². The van der Waals surface area contributed by atoms with Crippen LogP contribution in [0, 0.1) is 4.91 Å². The molecule has 0 atom stereocenters. The average Bonchev–Trinajstić information content (AvgIpc) is 2.30. The molecule has 0 spiro atoms. The highest BCUT2D eigenvalue weighted by molar-refractivity contribution is 7.72. The molecule has 0 aliphatic carbocycles. The summed E-state index contributed by atoms with van der Waals surface area (Å²) in [6, 6.07) is 0. The number of hydrogen-bond donors (Lipinski definition) is 5. The fourth-order valence-corrected chi connectivity index (χ4v) is 3.62. The number of nitrogens with zero attached hydrogens (tertiary/aromatic N) is 2. The van der Waals surface area contributed by atoms with Gasteiger partial charge in [-0.2, -0.15) is 0 Å². The lowest BCUT2D eigenvalue weighted by atomic mass is 10.2. The highest BCUT2D eigenvalue weighted by Gasteiger charge is 2.59. The average molecular weight is 334 g/mol. The van der Waals surface area contributed by atoms with Crippen molar-refractivity contribution in [2.45, 2.75) is 37.7 Å². The van der Waals surface area contributed by atoms with Crippen molar-refractivity contribution >= 4 is 15.2 Å². The number of aliphatic hydroxyl groups is 1. The van der Waals surface area contributed by atoms with E-state index in [-0.39, 0.29) is 6.54 Å². The molecule has 10 nitrogen and oxygen atoms in total. The SMILES string of the molecule is CCCCCN(CCC(O)(P(=O)(O)O)P(=O)(O)O)N=O. The minimum atomic E-state index is -5.49. The van der Waals surface area contributed by atoms with Crippen molar-refractivity contribution in [3.63, 3.8) is 0 Å². The summed E-state index contributed by atoms with van der Waals surface area (Å²) in [6.45, 7) is 1.63. The number of hydrogen-bond acceptors (Lipinski definition) is 5. The largest absolute Gasteiger partial charge is 0.369 e. The van der Waals surface area contributed by atoms with Crippen LogP contribution in [-0.4, -0.2) is 47.9 Å². The van der Waals surface area contributed by atoms with Gasteiger partial charge in [0.25, 0.3) is 5.08 Å². The predicted molar refractivity (Wildman–Crippen MR) is 70.5 cm³/mol. The summed E-state index contributed by atoms with van der Waals surface area (Å²) in [7, 11) is -11.0. The molecule has 0 amide bonds. The molecule has 0 radical (unpaired) electrons. The summed E-state index contributed by atoms with van der Waals surface area (Å²) in [5, 5.41) is 9.56. The Kier molecular flexibility index (Phi) is 7.48. The quantitative estimate of drug-likeness (QED) is 0.166. The van der Waals surface area contributed by atoms with Gasteiger partial charge in [-0.3, -0.25) is 14.1 Å². The topological polar surface area (TPSA) is 168 Å². The van der Waals surface area contributed by atoms with E-state index in [9.17, 15) is 19.1 Å². The Labute approximate surface area is 116 Å². The van der Waals surface area contributed by atoms with Crippen molar-refractivity contribution in [2.75, 3.05) is 13.1 Å². The summed E-state index contributed by atoms with van der Waals surface area (Å²) < 4.78 is 22.2. The van der Waals surface area contributed by atoms with Crippen LogP contribution < -0.4 is 0 Å². The van der Waals surface area contributed by atoms with Crippen LogP contribution in [0.15, 0.2) is 5.29 Å². The van der Waals surface area contributed by atoms with E-state index in [0.29, 0.717) is 6.42 Å². The third kappa shape index (κ3) is 5.21. The van der Waals surface area contributed by atoms with E-state index in [2.05, 4.69) is 5.29 Å². The summed E-state index contributed by atoms with van der Waals surface area (Å²) in [5.41, 5.74) is 0. The fraction of sp³-hybridized carbons (Fsp3) is 1.00. The van der Waals surface area contributed by atoms with Crippen LogP contribution in [0.4, 0.5) is 0 Å². The van der Waals surface area contributed by atoms with Crippen LogP contribution in [0.25, 0.3) is 0 Å². The molecule has 0 fully saturated rings. The molecule has 0 aliphatic rings. The molecule has 12 heteroatoms. The van der Waals surface area contributed by atoms with Gasteiger partial charge in [0.15, 0.2) is 0 Å². The molecule has 0 unspecified atom stereocenters. The molecule has 0 saturated carbocycles. The molecule has 0 rings (SSSR count). The number of unbranched alkanes of at least 4 members (excludes halogenated alkanes) is 2. The molecule has 0 aliphatic heterocycles. The van der Waals surface area contributed by atoms with Crippen LogP contribution in [0.1, 0.15) is 32.6 Å². The summed E-state index contributed by atoms with van der Waals surface area (Å²) in [6.07, 6.45) is 1.29. The van der Waals surface area contributed by atoms with Crippen molar-refractivity contribution in [3.05, 3.63) is 4.91 Å². The summed E-state index contributed by atoms with van der Waals surface area (Å²) >= 11 is 0. The monoisotopic (exact) mass is 334 g/mol. The lowest BCUT2D eigenvalue weighted by Gasteiger charge is -2.30. The van der Waals surface area contributed by atoms with Crippen LogP contribution >= 0.6 is 15.2 Å². The molecule has 0 aromatic carbocycles. The first kappa shape index (κ1) is 19.7. The summed E-state index contributed by atoms with van der Waals surface area (Å²) in [5.74, 6) is 0. The van der Waals surface area contributed by atoms with Gasteiger partial charge in [-0.1, -0.05) is 19.8 Å². The normalized spacial score (nSPS) is 13.3. The number of nitroso groups, excluding NO2 is 1. The molecule has 5 N–H and O–H groups in total. The summed E-state index contributed by atoms with van der Waals surface area (Å²) in [4.78, 5) is 46.2. The maximum Gasteiger partial charge on any atom is 0.369 e. The van der Waals surface area contributed by atoms with Gasteiger partial charge in [-0.05, 0) is 6.42 Å². The van der Waals surface area contributed by atoms with Gasteiger partial charge in [0.1, 0.15) is 0 Å². The molecule has 120 valence electrons. The Morgan fingerprint density at radius 2 is 1.55 bits per heavy atom. The van der Waals surface area contributed by atoms with Gasteiger partial charge < -0.3 is 24.7 Å². The highest BCUT2D eigenvalue weighted by atomic mass is 31.2. The second kappa shape index (κ2) is 7.61. The molecular weight excluding hydrogens is 314 g/mol. The Hall–Kier alpha value is -0.340. The van der Waals surface area contributed by atoms with Crippen LogP contribution in [-0.2, 0) is 9.13 Å². The van der Waals surface area contributed by atoms with Crippen molar-refractivity contribution in [3.8, 4) is 0 Å². The third-order valence-electron chi connectivity index (χ3n) is 2.77. The molecule has 0 heterocycles. The molecule has 0 saturated heterocycles. The highest BCUT2D eigenvalue weighted by Crippen LogP contribution is 2.68. The minimum Gasteiger partial charge on any atom is -0.367 e. The molecule has 0 bridgehead atoms. The van der Waals surface area contributed by atoms with Crippen LogP contribution in [0.2, 0.25) is 0 Å². The van der Waals surface area contributed by atoms with Crippen molar-refractivity contribution in [1.29, 1.82) is 0 Å². The first-order valence-electron chi connectivity index (χ1n) is 5.91.